The fourth-order valence-electron chi connectivity index (χ4n) is 2.63. The molecule has 1 aromatic rings. The second-order valence-corrected chi connectivity index (χ2v) is 6.04. The average Bonchev–Trinajstić information content (AvgIpc) is 2.39. The lowest BCUT2D eigenvalue weighted by Crippen LogP contribution is -3.12. The molecule has 0 unspecified atom stereocenters. The van der Waals surface area contributed by atoms with Crippen molar-refractivity contribution < 1.29 is 9.64 Å². The highest BCUT2D eigenvalue weighted by atomic mass is 16.5. The SMILES string of the molecule is CCC[NH+](CCC)CCOc1cc(C)ccc1C(C)C. The minimum atomic E-state index is 0.514. The van der Waals surface area contributed by atoms with E-state index in [1.54, 1.807) is 4.90 Å². The zero-order valence-corrected chi connectivity index (χ0v) is 14.0. The van der Waals surface area contributed by atoms with Gasteiger partial charge in [-0.25, -0.2) is 0 Å². The first kappa shape index (κ1) is 17.0. The molecule has 0 heterocycles. The Morgan fingerprint density at radius 2 is 1.70 bits per heavy atom. The largest absolute Gasteiger partial charge is 0.487 e. The molecule has 2 nitrogen and oxygen atoms in total. The minimum Gasteiger partial charge on any atom is -0.487 e. The van der Waals surface area contributed by atoms with Crippen LogP contribution in [0.4, 0.5) is 0 Å². The van der Waals surface area contributed by atoms with Gasteiger partial charge in [-0.15, -0.1) is 0 Å². The van der Waals surface area contributed by atoms with Crippen molar-refractivity contribution in [3.8, 4) is 5.75 Å². The third-order valence-corrected chi connectivity index (χ3v) is 3.71. The van der Waals surface area contributed by atoms with Crippen LogP contribution in [0, 0.1) is 6.92 Å². The second kappa shape index (κ2) is 9.02. The molecule has 0 bridgehead atoms. The Labute approximate surface area is 125 Å². The van der Waals surface area contributed by atoms with Crippen molar-refractivity contribution in [1.29, 1.82) is 0 Å². The van der Waals surface area contributed by atoms with Gasteiger partial charge in [0.1, 0.15) is 18.9 Å². The monoisotopic (exact) mass is 278 g/mol. The van der Waals surface area contributed by atoms with Crippen molar-refractivity contribution >= 4 is 0 Å². The number of hydrogen-bond acceptors (Lipinski definition) is 1. The van der Waals surface area contributed by atoms with Crippen molar-refractivity contribution in [3.63, 3.8) is 0 Å². The molecule has 0 aromatic heterocycles. The van der Waals surface area contributed by atoms with Gasteiger partial charge in [-0.05, 0) is 42.9 Å². The van der Waals surface area contributed by atoms with Crippen LogP contribution in [0.2, 0.25) is 0 Å². The summed E-state index contributed by atoms with van der Waals surface area (Å²) in [5, 5.41) is 0. The molecule has 0 fully saturated rings. The van der Waals surface area contributed by atoms with Crippen LogP contribution in [0.25, 0.3) is 0 Å². The van der Waals surface area contributed by atoms with Gasteiger partial charge in [0.05, 0.1) is 13.1 Å². The van der Waals surface area contributed by atoms with E-state index in [1.165, 1.54) is 37.1 Å². The van der Waals surface area contributed by atoms with Gasteiger partial charge in [-0.2, -0.15) is 0 Å². The lowest BCUT2D eigenvalue weighted by Gasteiger charge is -2.20. The van der Waals surface area contributed by atoms with Crippen LogP contribution in [-0.4, -0.2) is 26.2 Å². The summed E-state index contributed by atoms with van der Waals surface area (Å²) in [6, 6.07) is 6.56. The van der Waals surface area contributed by atoms with E-state index >= 15 is 0 Å². The highest BCUT2D eigenvalue weighted by Crippen LogP contribution is 2.27. The normalized spacial score (nSPS) is 11.3. The molecule has 0 saturated carbocycles. The Balaban J connectivity index is 2.58. The van der Waals surface area contributed by atoms with Gasteiger partial charge < -0.3 is 9.64 Å². The van der Waals surface area contributed by atoms with Crippen molar-refractivity contribution in [3.05, 3.63) is 29.3 Å². The highest BCUT2D eigenvalue weighted by molar-refractivity contribution is 5.39. The summed E-state index contributed by atoms with van der Waals surface area (Å²) in [4.78, 5) is 1.66. The summed E-state index contributed by atoms with van der Waals surface area (Å²) in [7, 11) is 0. The Bertz CT molecular complexity index is 381. The number of quaternary nitrogens is 1. The number of benzene rings is 1. The number of hydrogen-bond donors (Lipinski definition) is 1. The van der Waals surface area contributed by atoms with Crippen LogP contribution in [0.3, 0.4) is 0 Å². The standard InChI is InChI=1S/C18H31NO/c1-6-10-19(11-7-2)12-13-20-18-14-16(5)8-9-17(18)15(3)4/h8-9,14-15H,6-7,10-13H2,1-5H3/p+1. The van der Waals surface area contributed by atoms with Gasteiger partial charge in [-0.1, -0.05) is 39.8 Å². The van der Waals surface area contributed by atoms with E-state index in [2.05, 4.69) is 52.8 Å². The maximum absolute atomic E-state index is 6.08. The molecule has 0 radical (unpaired) electrons. The number of rotatable bonds is 9. The molecule has 20 heavy (non-hydrogen) atoms. The summed E-state index contributed by atoms with van der Waals surface area (Å²) in [5.41, 5.74) is 2.60. The van der Waals surface area contributed by atoms with Gasteiger partial charge in [0, 0.05) is 0 Å². The molecule has 0 atom stereocenters. The summed E-state index contributed by atoms with van der Waals surface area (Å²) in [6.07, 6.45) is 2.49. The van der Waals surface area contributed by atoms with E-state index in [9.17, 15) is 0 Å². The van der Waals surface area contributed by atoms with E-state index in [4.69, 9.17) is 4.74 Å². The van der Waals surface area contributed by atoms with E-state index in [0.29, 0.717) is 5.92 Å². The maximum Gasteiger partial charge on any atom is 0.137 e. The Kier molecular flexibility index (Phi) is 7.68. The number of ether oxygens (including phenoxy) is 1. The van der Waals surface area contributed by atoms with Gasteiger partial charge >= 0.3 is 0 Å². The molecule has 0 amide bonds. The van der Waals surface area contributed by atoms with Crippen molar-refractivity contribution in [2.24, 2.45) is 0 Å². The molecular weight excluding hydrogens is 246 g/mol. The smallest absolute Gasteiger partial charge is 0.137 e. The Hall–Kier alpha value is -1.02. The molecule has 0 saturated heterocycles. The predicted molar refractivity (Wildman–Crippen MR) is 86.9 cm³/mol. The molecule has 0 aliphatic carbocycles. The van der Waals surface area contributed by atoms with Gasteiger partial charge in [-0.3, -0.25) is 0 Å². The minimum absolute atomic E-state index is 0.514. The molecule has 1 N–H and O–H groups in total. The summed E-state index contributed by atoms with van der Waals surface area (Å²) < 4.78 is 6.08. The number of aryl methyl sites for hydroxylation is 1. The quantitative estimate of drug-likeness (QED) is 0.732. The molecule has 0 aliphatic rings. The lowest BCUT2D eigenvalue weighted by atomic mass is 10.0. The fourth-order valence-corrected chi connectivity index (χ4v) is 2.63. The first-order valence-electron chi connectivity index (χ1n) is 8.15. The molecule has 0 aliphatic heterocycles. The first-order chi connectivity index (χ1) is 9.58. The van der Waals surface area contributed by atoms with Gasteiger partial charge in [0.25, 0.3) is 0 Å². The molecule has 0 spiro atoms. The molecule has 114 valence electrons. The van der Waals surface area contributed by atoms with Crippen molar-refractivity contribution in [2.45, 2.75) is 53.4 Å². The zero-order valence-electron chi connectivity index (χ0n) is 14.0. The third kappa shape index (κ3) is 5.54. The van der Waals surface area contributed by atoms with Crippen LogP contribution in [0.15, 0.2) is 18.2 Å². The van der Waals surface area contributed by atoms with E-state index < -0.39 is 0 Å². The predicted octanol–water partition coefficient (Wildman–Crippen LogP) is 3.20. The van der Waals surface area contributed by atoms with Crippen LogP contribution in [0.5, 0.6) is 5.75 Å². The van der Waals surface area contributed by atoms with Crippen molar-refractivity contribution in [2.75, 3.05) is 26.2 Å². The van der Waals surface area contributed by atoms with Crippen LogP contribution in [-0.2, 0) is 0 Å². The van der Waals surface area contributed by atoms with Crippen LogP contribution < -0.4 is 9.64 Å². The van der Waals surface area contributed by atoms with E-state index in [1.807, 2.05) is 0 Å². The maximum atomic E-state index is 6.08. The Morgan fingerprint density at radius 3 is 2.25 bits per heavy atom. The zero-order chi connectivity index (χ0) is 15.0. The van der Waals surface area contributed by atoms with Crippen LogP contribution in [0.1, 0.15) is 57.6 Å². The van der Waals surface area contributed by atoms with Gasteiger partial charge in [0.2, 0.25) is 0 Å². The molecule has 2 heteroatoms. The summed E-state index contributed by atoms with van der Waals surface area (Å²) >= 11 is 0. The van der Waals surface area contributed by atoms with E-state index in [0.717, 1.165) is 18.9 Å². The van der Waals surface area contributed by atoms with Crippen molar-refractivity contribution in [1.82, 2.24) is 0 Å². The summed E-state index contributed by atoms with van der Waals surface area (Å²) in [6.45, 7) is 15.5. The second-order valence-electron chi connectivity index (χ2n) is 6.04. The third-order valence-electron chi connectivity index (χ3n) is 3.71. The first-order valence-corrected chi connectivity index (χ1v) is 8.15. The lowest BCUT2D eigenvalue weighted by molar-refractivity contribution is -0.900. The number of nitrogens with one attached hydrogen (secondary N) is 1. The highest BCUT2D eigenvalue weighted by Gasteiger charge is 2.10. The topological polar surface area (TPSA) is 13.7 Å². The average molecular weight is 278 g/mol. The molecular formula is C18H32NO+. The molecule has 1 rings (SSSR count). The molecule has 1 aromatic carbocycles. The summed E-state index contributed by atoms with van der Waals surface area (Å²) in [5.74, 6) is 1.59. The fraction of sp³-hybridized carbons (Fsp3) is 0.667. The Morgan fingerprint density at radius 1 is 1.05 bits per heavy atom. The van der Waals surface area contributed by atoms with Gasteiger partial charge in [0.15, 0.2) is 0 Å². The van der Waals surface area contributed by atoms with E-state index in [-0.39, 0.29) is 0 Å². The van der Waals surface area contributed by atoms with Crippen LogP contribution >= 0.6 is 0 Å².